The summed E-state index contributed by atoms with van der Waals surface area (Å²) in [6.07, 6.45) is 0.820. The molecule has 0 radical (unpaired) electrons. The van der Waals surface area contributed by atoms with Crippen molar-refractivity contribution < 1.29 is 18.0 Å². The van der Waals surface area contributed by atoms with Crippen molar-refractivity contribution in [1.29, 1.82) is 0 Å². The summed E-state index contributed by atoms with van der Waals surface area (Å²) in [6, 6.07) is 3.30. The lowest BCUT2D eigenvalue weighted by Gasteiger charge is -2.11. The van der Waals surface area contributed by atoms with Gasteiger partial charge in [0.25, 0.3) is 5.91 Å². The lowest BCUT2D eigenvalue weighted by atomic mass is 10.1. The van der Waals surface area contributed by atoms with Crippen LogP contribution in [0.15, 0.2) is 22.7 Å². The van der Waals surface area contributed by atoms with Gasteiger partial charge in [-0.15, -0.1) is 12.3 Å². The molecule has 96 valence electrons. The van der Waals surface area contributed by atoms with Crippen molar-refractivity contribution in [1.82, 2.24) is 5.32 Å². The molecular formula is C12H9BrF3NO. The van der Waals surface area contributed by atoms with Gasteiger partial charge in [0.15, 0.2) is 0 Å². The van der Waals surface area contributed by atoms with Crippen LogP contribution in [0.3, 0.4) is 0 Å². The molecule has 0 heterocycles. The van der Waals surface area contributed by atoms with Crippen molar-refractivity contribution in [2.45, 2.75) is 12.6 Å². The summed E-state index contributed by atoms with van der Waals surface area (Å²) in [5.74, 6) is 1.74. The van der Waals surface area contributed by atoms with Crippen LogP contribution >= 0.6 is 15.9 Å². The van der Waals surface area contributed by atoms with Gasteiger partial charge in [0, 0.05) is 23.0 Å². The maximum atomic E-state index is 12.6. The summed E-state index contributed by atoms with van der Waals surface area (Å²) in [7, 11) is 0. The molecule has 0 saturated carbocycles. The van der Waals surface area contributed by atoms with Crippen molar-refractivity contribution in [2.24, 2.45) is 0 Å². The molecule has 1 amide bonds. The Kier molecular flexibility index (Phi) is 4.79. The SMILES string of the molecule is C#CCCNC(=O)c1ccc(Br)c(C(F)(F)F)c1. The van der Waals surface area contributed by atoms with E-state index in [0.29, 0.717) is 6.42 Å². The van der Waals surface area contributed by atoms with Crippen molar-refractivity contribution >= 4 is 21.8 Å². The average Bonchev–Trinajstić information content (AvgIpc) is 2.28. The van der Waals surface area contributed by atoms with Gasteiger partial charge in [-0.2, -0.15) is 13.2 Å². The maximum Gasteiger partial charge on any atom is 0.417 e. The van der Waals surface area contributed by atoms with E-state index in [1.165, 1.54) is 12.1 Å². The number of amides is 1. The van der Waals surface area contributed by atoms with Crippen LogP contribution in [0.1, 0.15) is 22.3 Å². The molecule has 0 aliphatic rings. The quantitative estimate of drug-likeness (QED) is 0.672. The molecule has 1 aromatic rings. The van der Waals surface area contributed by atoms with Crippen LogP contribution in [0.2, 0.25) is 0 Å². The first kappa shape index (κ1) is 14.6. The summed E-state index contributed by atoms with van der Waals surface area (Å²) in [5.41, 5.74) is -0.936. The van der Waals surface area contributed by atoms with E-state index in [1.807, 2.05) is 0 Å². The molecule has 0 spiro atoms. The summed E-state index contributed by atoms with van der Waals surface area (Å²) in [5, 5.41) is 2.43. The third-order valence-corrected chi connectivity index (χ3v) is 2.78. The van der Waals surface area contributed by atoms with Crippen molar-refractivity contribution in [2.75, 3.05) is 6.54 Å². The summed E-state index contributed by atoms with van der Waals surface area (Å²) in [6.45, 7) is 0.229. The average molecular weight is 320 g/mol. The zero-order valence-corrected chi connectivity index (χ0v) is 10.7. The molecule has 0 saturated heterocycles. The minimum absolute atomic E-state index is 0.0532. The van der Waals surface area contributed by atoms with E-state index in [9.17, 15) is 18.0 Å². The van der Waals surface area contributed by atoms with Crippen molar-refractivity contribution in [3.05, 3.63) is 33.8 Å². The minimum atomic E-state index is -4.51. The number of hydrogen-bond acceptors (Lipinski definition) is 1. The molecule has 0 aromatic heterocycles. The van der Waals surface area contributed by atoms with Crippen LogP contribution < -0.4 is 5.32 Å². The van der Waals surface area contributed by atoms with Crippen molar-refractivity contribution in [3.63, 3.8) is 0 Å². The van der Waals surface area contributed by atoms with Crippen molar-refractivity contribution in [3.8, 4) is 12.3 Å². The fourth-order valence-corrected chi connectivity index (χ4v) is 1.71. The first-order valence-corrected chi connectivity index (χ1v) is 5.74. The van der Waals surface area contributed by atoms with Gasteiger partial charge in [0.05, 0.1) is 5.56 Å². The second-order valence-corrected chi connectivity index (χ2v) is 4.26. The summed E-state index contributed by atoms with van der Waals surface area (Å²) < 4.78 is 37.7. The number of terminal acetylenes is 1. The molecule has 1 rings (SSSR count). The van der Waals surface area contributed by atoms with Gasteiger partial charge in [-0.25, -0.2) is 0 Å². The number of hydrogen-bond donors (Lipinski definition) is 1. The van der Waals surface area contributed by atoms with Crippen LogP contribution in [-0.2, 0) is 6.18 Å². The fraction of sp³-hybridized carbons (Fsp3) is 0.250. The number of carbonyl (C=O) groups excluding carboxylic acids is 1. The number of alkyl halides is 3. The molecular weight excluding hydrogens is 311 g/mol. The highest BCUT2D eigenvalue weighted by molar-refractivity contribution is 9.10. The number of nitrogens with one attached hydrogen (secondary N) is 1. The standard InChI is InChI=1S/C12H9BrF3NO/c1-2-3-6-17-11(18)8-4-5-10(13)9(7-8)12(14,15)16/h1,4-5,7H,3,6H2,(H,17,18). The second-order valence-electron chi connectivity index (χ2n) is 3.40. The Labute approximate surface area is 111 Å². The van der Waals surface area contributed by atoms with Crippen LogP contribution in [0.4, 0.5) is 13.2 Å². The normalized spacial score (nSPS) is 10.8. The first-order chi connectivity index (χ1) is 8.36. The Bertz CT molecular complexity index is 491. The highest BCUT2D eigenvalue weighted by atomic mass is 79.9. The van der Waals surface area contributed by atoms with Gasteiger partial charge in [0.1, 0.15) is 0 Å². The molecule has 6 heteroatoms. The zero-order chi connectivity index (χ0) is 13.8. The highest BCUT2D eigenvalue weighted by Gasteiger charge is 2.33. The monoisotopic (exact) mass is 319 g/mol. The van der Waals surface area contributed by atoms with Crippen LogP contribution in [-0.4, -0.2) is 12.5 Å². The third-order valence-electron chi connectivity index (χ3n) is 2.09. The van der Waals surface area contributed by atoms with E-state index in [2.05, 4.69) is 27.2 Å². The molecule has 0 fully saturated rings. The third kappa shape index (κ3) is 3.77. The first-order valence-electron chi connectivity index (χ1n) is 4.94. The van der Waals surface area contributed by atoms with Crippen LogP contribution in [0.25, 0.3) is 0 Å². The maximum absolute atomic E-state index is 12.6. The van der Waals surface area contributed by atoms with E-state index in [1.54, 1.807) is 0 Å². The molecule has 0 aliphatic heterocycles. The van der Waals surface area contributed by atoms with Crippen LogP contribution in [0.5, 0.6) is 0 Å². The number of rotatable bonds is 3. The van der Waals surface area contributed by atoms with Gasteiger partial charge in [-0.3, -0.25) is 4.79 Å². The fourth-order valence-electron chi connectivity index (χ4n) is 1.23. The van der Waals surface area contributed by atoms with Crippen LogP contribution in [0, 0.1) is 12.3 Å². The Morgan fingerprint density at radius 2 is 2.11 bits per heavy atom. The Hall–Kier alpha value is -1.48. The summed E-state index contributed by atoms with van der Waals surface area (Å²) in [4.78, 5) is 11.5. The molecule has 1 aromatic carbocycles. The number of carbonyl (C=O) groups is 1. The van der Waals surface area contributed by atoms with E-state index < -0.39 is 17.6 Å². The Morgan fingerprint density at radius 3 is 2.67 bits per heavy atom. The van der Waals surface area contributed by atoms with Gasteiger partial charge in [0.2, 0.25) is 0 Å². The van der Waals surface area contributed by atoms with E-state index in [4.69, 9.17) is 6.42 Å². The molecule has 0 aliphatic carbocycles. The lowest BCUT2D eigenvalue weighted by Crippen LogP contribution is -2.24. The largest absolute Gasteiger partial charge is 0.417 e. The minimum Gasteiger partial charge on any atom is -0.351 e. The van der Waals surface area contributed by atoms with Gasteiger partial charge in [-0.1, -0.05) is 15.9 Å². The Balaban J connectivity index is 2.92. The molecule has 1 N–H and O–H groups in total. The van der Waals surface area contributed by atoms with E-state index in [0.717, 1.165) is 6.07 Å². The summed E-state index contributed by atoms with van der Waals surface area (Å²) >= 11 is 2.80. The van der Waals surface area contributed by atoms with Gasteiger partial charge < -0.3 is 5.32 Å². The molecule has 0 bridgehead atoms. The van der Waals surface area contributed by atoms with Gasteiger partial charge >= 0.3 is 6.18 Å². The molecule has 2 nitrogen and oxygen atoms in total. The zero-order valence-electron chi connectivity index (χ0n) is 9.14. The molecule has 18 heavy (non-hydrogen) atoms. The smallest absolute Gasteiger partial charge is 0.351 e. The molecule has 0 unspecified atom stereocenters. The molecule has 0 atom stereocenters. The number of benzene rings is 1. The predicted octanol–water partition coefficient (Wildman–Crippen LogP) is 3.22. The highest BCUT2D eigenvalue weighted by Crippen LogP contribution is 2.35. The second kappa shape index (κ2) is 5.91. The lowest BCUT2D eigenvalue weighted by molar-refractivity contribution is -0.138. The number of halogens is 4. The topological polar surface area (TPSA) is 29.1 Å². The Morgan fingerprint density at radius 1 is 1.44 bits per heavy atom. The van der Waals surface area contributed by atoms with Gasteiger partial charge in [-0.05, 0) is 18.2 Å². The van der Waals surface area contributed by atoms with E-state index >= 15 is 0 Å². The van der Waals surface area contributed by atoms with E-state index in [-0.39, 0.29) is 16.6 Å². The predicted molar refractivity (Wildman–Crippen MR) is 64.9 cm³/mol.